The second kappa shape index (κ2) is 13.1. The van der Waals surface area contributed by atoms with Crippen molar-refractivity contribution >= 4 is 23.4 Å². The predicted octanol–water partition coefficient (Wildman–Crippen LogP) is 6.66. The van der Waals surface area contributed by atoms with Gasteiger partial charge in [-0.2, -0.15) is 0 Å². The van der Waals surface area contributed by atoms with Crippen molar-refractivity contribution in [1.29, 1.82) is 0 Å². The second-order valence-corrected chi connectivity index (χ2v) is 12.2. The molecule has 2 saturated heterocycles. The summed E-state index contributed by atoms with van der Waals surface area (Å²) in [5.41, 5.74) is 1.75. The summed E-state index contributed by atoms with van der Waals surface area (Å²) in [6.07, 6.45) is 3.85. The first kappa shape index (κ1) is 30.8. The van der Waals surface area contributed by atoms with E-state index in [1.807, 2.05) is 42.5 Å². The van der Waals surface area contributed by atoms with Crippen LogP contribution < -0.4 is 0 Å². The fourth-order valence-electron chi connectivity index (χ4n) is 5.61. The van der Waals surface area contributed by atoms with Crippen LogP contribution in [-0.4, -0.2) is 62.4 Å². The Morgan fingerprint density at radius 1 is 0.978 bits per heavy atom. The molecule has 14 heteroatoms. The number of fused-ring (bicyclic) bond motifs is 1. The minimum absolute atomic E-state index is 0.0207. The third-order valence-electron chi connectivity index (χ3n) is 7.75. The van der Waals surface area contributed by atoms with Crippen molar-refractivity contribution < 1.29 is 32.1 Å². The maximum atomic E-state index is 14.1. The fourth-order valence-corrected chi connectivity index (χ4v) is 7.16. The molecule has 2 aliphatic rings. The number of thioether (sulfide) groups is 1. The van der Waals surface area contributed by atoms with Crippen LogP contribution in [0.1, 0.15) is 17.9 Å². The smallest absolute Gasteiger partial charge is 0.194 e. The molecule has 46 heavy (non-hydrogen) atoms. The monoisotopic (exact) mass is 667 g/mol. The molecule has 2 aromatic carbocycles. The Bertz CT molecular complexity index is 1820. The Hall–Kier alpha value is -3.85. The maximum absolute atomic E-state index is 14.1. The lowest BCUT2D eigenvalue weighted by Gasteiger charge is -2.48. The van der Waals surface area contributed by atoms with E-state index in [1.165, 1.54) is 22.6 Å². The standard InChI is InChI=1S/C32H25ClF3N5O4S/c1-42-30-28(41-15-23(39-40-41)19-10-21(34)26(36)22(35)11-19)29-24(16-43-31(45-29)17-6-3-2-4-7-17)44-32(30)46-25-12-20(33)14-38-27(25)18-8-5-9-37-13-18/h2-15,24,28-32H,16H2,1H3/t24?,28?,29-,30?,31?,32+/m0/s1. The molecule has 236 valence electrons. The molecule has 6 atom stereocenters. The van der Waals surface area contributed by atoms with Gasteiger partial charge in [0.2, 0.25) is 0 Å². The molecule has 4 unspecified atom stereocenters. The average Bonchev–Trinajstić information content (AvgIpc) is 3.57. The lowest BCUT2D eigenvalue weighted by molar-refractivity contribution is -0.308. The number of methoxy groups -OCH3 is 1. The van der Waals surface area contributed by atoms with Crippen LogP contribution in [0.15, 0.2) is 90.3 Å². The van der Waals surface area contributed by atoms with Gasteiger partial charge in [-0.05, 0) is 30.3 Å². The molecular weight excluding hydrogens is 643 g/mol. The topological polar surface area (TPSA) is 93.4 Å². The molecule has 0 bridgehead atoms. The van der Waals surface area contributed by atoms with Gasteiger partial charge in [-0.15, -0.1) is 5.10 Å². The number of nitrogens with zero attached hydrogens (tertiary/aromatic N) is 5. The molecule has 7 rings (SSSR count). The number of pyridine rings is 2. The molecule has 9 nitrogen and oxygen atoms in total. The summed E-state index contributed by atoms with van der Waals surface area (Å²) in [4.78, 5) is 9.52. The van der Waals surface area contributed by atoms with Crippen LogP contribution in [0.5, 0.6) is 0 Å². The van der Waals surface area contributed by atoms with Crippen LogP contribution in [0.3, 0.4) is 0 Å². The van der Waals surface area contributed by atoms with Crippen molar-refractivity contribution in [3.63, 3.8) is 0 Å². The van der Waals surface area contributed by atoms with E-state index in [0.29, 0.717) is 10.7 Å². The van der Waals surface area contributed by atoms with Crippen LogP contribution in [0.2, 0.25) is 5.02 Å². The molecule has 2 aliphatic heterocycles. The van der Waals surface area contributed by atoms with Gasteiger partial charge < -0.3 is 18.9 Å². The van der Waals surface area contributed by atoms with Crippen molar-refractivity contribution in [1.82, 2.24) is 25.0 Å². The van der Waals surface area contributed by atoms with E-state index in [-0.39, 0.29) is 17.9 Å². The van der Waals surface area contributed by atoms with Gasteiger partial charge in [0.25, 0.3) is 0 Å². The minimum atomic E-state index is -1.56. The van der Waals surface area contributed by atoms with Gasteiger partial charge in [0.05, 0.1) is 23.5 Å². The second-order valence-electron chi connectivity index (χ2n) is 10.6. The molecule has 5 heterocycles. The van der Waals surface area contributed by atoms with E-state index in [0.717, 1.165) is 28.2 Å². The highest BCUT2D eigenvalue weighted by Crippen LogP contribution is 2.46. The Kier molecular flexibility index (Phi) is 8.77. The number of ether oxygens (including phenoxy) is 4. The molecule has 5 aromatic rings. The third-order valence-corrected chi connectivity index (χ3v) is 9.13. The molecule has 2 fully saturated rings. The first-order valence-corrected chi connectivity index (χ1v) is 15.4. The maximum Gasteiger partial charge on any atom is 0.194 e. The van der Waals surface area contributed by atoms with Crippen molar-refractivity contribution in [3.05, 3.63) is 113 Å². The molecular formula is C32H25ClF3N5O4S. The van der Waals surface area contributed by atoms with Crippen molar-refractivity contribution in [2.45, 2.75) is 41.0 Å². The van der Waals surface area contributed by atoms with Crippen molar-refractivity contribution in [3.8, 4) is 22.5 Å². The lowest BCUT2D eigenvalue weighted by Crippen LogP contribution is -2.59. The Morgan fingerprint density at radius 3 is 2.52 bits per heavy atom. The van der Waals surface area contributed by atoms with Crippen LogP contribution in [0, 0.1) is 17.5 Å². The molecule has 0 amide bonds. The zero-order valence-corrected chi connectivity index (χ0v) is 25.6. The molecule has 3 aromatic heterocycles. The number of halogens is 4. The van der Waals surface area contributed by atoms with E-state index in [9.17, 15) is 13.2 Å². The molecule has 0 N–H and O–H groups in total. The van der Waals surface area contributed by atoms with Gasteiger partial charge >= 0.3 is 0 Å². The summed E-state index contributed by atoms with van der Waals surface area (Å²) >= 11 is 7.75. The largest absolute Gasteiger partial charge is 0.375 e. The van der Waals surface area contributed by atoms with Crippen molar-refractivity contribution in [2.24, 2.45) is 0 Å². The molecule has 0 radical (unpaired) electrons. The van der Waals surface area contributed by atoms with Crippen LogP contribution in [0.25, 0.3) is 22.5 Å². The number of benzene rings is 2. The van der Waals surface area contributed by atoms with Gasteiger partial charge in [-0.25, -0.2) is 17.9 Å². The first-order chi connectivity index (χ1) is 22.4. The zero-order valence-electron chi connectivity index (χ0n) is 24.0. The summed E-state index contributed by atoms with van der Waals surface area (Å²) < 4.78 is 68.8. The van der Waals surface area contributed by atoms with Gasteiger partial charge in [0.15, 0.2) is 23.7 Å². The lowest BCUT2D eigenvalue weighted by atomic mass is 9.95. The number of hydrogen-bond donors (Lipinski definition) is 0. The van der Waals surface area contributed by atoms with Gasteiger partial charge in [-0.3, -0.25) is 9.97 Å². The van der Waals surface area contributed by atoms with E-state index < -0.39 is 53.5 Å². The van der Waals surface area contributed by atoms with E-state index in [1.54, 1.807) is 31.8 Å². The third kappa shape index (κ3) is 6.01. The van der Waals surface area contributed by atoms with Crippen LogP contribution in [-0.2, 0) is 18.9 Å². The van der Waals surface area contributed by atoms with Gasteiger partial charge in [0, 0.05) is 47.3 Å². The zero-order chi connectivity index (χ0) is 31.8. The summed E-state index contributed by atoms with van der Waals surface area (Å²) in [5.74, 6) is -4.23. The van der Waals surface area contributed by atoms with E-state index in [4.69, 9.17) is 30.5 Å². The normalized spacial score (nSPS) is 24.5. The van der Waals surface area contributed by atoms with Gasteiger partial charge in [0.1, 0.15) is 35.5 Å². The fraction of sp³-hybridized carbons (Fsp3) is 0.250. The van der Waals surface area contributed by atoms with E-state index in [2.05, 4.69) is 20.3 Å². The highest BCUT2D eigenvalue weighted by Gasteiger charge is 2.52. The Morgan fingerprint density at radius 2 is 1.78 bits per heavy atom. The summed E-state index contributed by atoms with van der Waals surface area (Å²) in [6.45, 7) is 0.188. The highest BCUT2D eigenvalue weighted by molar-refractivity contribution is 8.00. The summed E-state index contributed by atoms with van der Waals surface area (Å²) in [6, 6.07) is 16.1. The quantitative estimate of drug-likeness (QED) is 0.177. The van der Waals surface area contributed by atoms with E-state index >= 15 is 0 Å². The first-order valence-electron chi connectivity index (χ1n) is 14.2. The number of hydrogen-bond acceptors (Lipinski definition) is 9. The van der Waals surface area contributed by atoms with Gasteiger partial charge in [-0.1, -0.05) is 58.9 Å². The molecule has 0 spiro atoms. The summed E-state index contributed by atoms with van der Waals surface area (Å²) in [5, 5.41) is 8.93. The highest BCUT2D eigenvalue weighted by atomic mass is 35.5. The Balaban J connectivity index is 1.27. The number of aromatic nitrogens is 5. The average molecular weight is 668 g/mol. The minimum Gasteiger partial charge on any atom is -0.375 e. The molecule has 0 aliphatic carbocycles. The predicted molar refractivity (Wildman–Crippen MR) is 162 cm³/mol. The van der Waals surface area contributed by atoms with Crippen LogP contribution in [0.4, 0.5) is 13.2 Å². The SMILES string of the molecule is COC1C(n2cc(-c3cc(F)c(F)c(F)c3)nn2)[C@H]2OC(c3ccccc3)OCC2O[C@@H]1Sc1cc(Cl)cnc1-c1cccnc1. The number of rotatable bonds is 7. The van der Waals surface area contributed by atoms with Crippen molar-refractivity contribution in [2.75, 3.05) is 13.7 Å². The Labute approximate surface area is 270 Å². The summed E-state index contributed by atoms with van der Waals surface area (Å²) in [7, 11) is 1.55. The molecule has 0 saturated carbocycles. The van der Waals surface area contributed by atoms with Crippen LogP contribution >= 0.6 is 23.4 Å².